The van der Waals surface area contributed by atoms with Crippen molar-refractivity contribution >= 4 is 43.2 Å². The van der Waals surface area contributed by atoms with E-state index in [0.717, 1.165) is 12.8 Å². The van der Waals surface area contributed by atoms with Crippen LogP contribution in [0.4, 0.5) is 11.4 Å². The second kappa shape index (κ2) is 9.53. The maximum absolute atomic E-state index is 13.0. The number of amides is 1. The highest BCUT2D eigenvalue weighted by molar-refractivity contribution is 9.10. The van der Waals surface area contributed by atoms with E-state index in [1.165, 1.54) is 26.4 Å². The van der Waals surface area contributed by atoms with E-state index in [4.69, 9.17) is 9.47 Å². The minimum Gasteiger partial charge on any atom is -0.496 e. The molecule has 1 amide bonds. The van der Waals surface area contributed by atoms with Gasteiger partial charge in [0, 0.05) is 11.6 Å². The van der Waals surface area contributed by atoms with Crippen LogP contribution in [0, 0.1) is 5.92 Å². The van der Waals surface area contributed by atoms with Gasteiger partial charge in [0.25, 0.3) is 10.0 Å². The van der Waals surface area contributed by atoms with Crippen LogP contribution in [0.1, 0.15) is 19.3 Å². The molecular weight excluding hydrogens is 472 g/mol. The molecule has 0 spiro atoms. The van der Waals surface area contributed by atoms with Crippen molar-refractivity contribution in [2.24, 2.45) is 5.92 Å². The fourth-order valence-electron chi connectivity index (χ4n) is 3.18. The van der Waals surface area contributed by atoms with E-state index in [0.29, 0.717) is 28.0 Å². The van der Waals surface area contributed by atoms with Crippen molar-refractivity contribution in [1.29, 1.82) is 0 Å². The molecule has 0 saturated heterocycles. The third-order valence-corrected chi connectivity index (χ3v) is 6.79. The zero-order valence-corrected chi connectivity index (χ0v) is 19.0. The monoisotopic (exact) mass is 494 g/mol. The molecule has 0 aromatic heterocycles. The van der Waals surface area contributed by atoms with Gasteiger partial charge in [-0.2, -0.15) is 0 Å². The zero-order valence-electron chi connectivity index (χ0n) is 16.6. The first-order valence-electron chi connectivity index (χ1n) is 9.34. The third kappa shape index (κ3) is 5.14. The summed E-state index contributed by atoms with van der Waals surface area (Å²) in [6.45, 7) is 0. The number of carbonyl (C=O) groups excluding carboxylic acids is 1. The summed E-state index contributed by atoms with van der Waals surface area (Å²) in [4.78, 5) is 12.4. The molecule has 7 nitrogen and oxygen atoms in total. The molecule has 160 valence electrons. The summed E-state index contributed by atoms with van der Waals surface area (Å²) >= 11 is 3.34. The van der Waals surface area contributed by atoms with Gasteiger partial charge in [-0.3, -0.25) is 9.52 Å². The van der Waals surface area contributed by atoms with Gasteiger partial charge in [0.2, 0.25) is 5.91 Å². The number of carbonyl (C=O) groups is 1. The van der Waals surface area contributed by atoms with Crippen molar-refractivity contribution in [3.8, 4) is 11.5 Å². The lowest BCUT2D eigenvalue weighted by molar-refractivity contribution is -0.120. The summed E-state index contributed by atoms with van der Waals surface area (Å²) in [6.07, 6.45) is 6.37. The van der Waals surface area contributed by atoms with Gasteiger partial charge in [-0.25, -0.2) is 8.42 Å². The molecule has 0 bridgehead atoms. The Morgan fingerprint density at radius 1 is 1.03 bits per heavy atom. The Kier molecular flexibility index (Phi) is 7.04. The summed E-state index contributed by atoms with van der Waals surface area (Å²) < 4.78 is 39.6. The number of allylic oxidation sites excluding steroid dienone is 2. The lowest BCUT2D eigenvalue weighted by Crippen LogP contribution is -2.23. The molecule has 30 heavy (non-hydrogen) atoms. The normalized spacial score (nSPS) is 16.0. The predicted molar refractivity (Wildman–Crippen MR) is 120 cm³/mol. The highest BCUT2D eigenvalue weighted by atomic mass is 79.9. The van der Waals surface area contributed by atoms with Gasteiger partial charge in [-0.1, -0.05) is 12.2 Å². The van der Waals surface area contributed by atoms with Crippen LogP contribution >= 0.6 is 15.9 Å². The molecule has 3 rings (SSSR count). The summed E-state index contributed by atoms with van der Waals surface area (Å²) in [5, 5.41) is 2.82. The lowest BCUT2D eigenvalue weighted by Gasteiger charge is -2.18. The Balaban J connectivity index is 1.85. The van der Waals surface area contributed by atoms with Crippen molar-refractivity contribution in [2.45, 2.75) is 24.2 Å². The van der Waals surface area contributed by atoms with E-state index in [1.807, 2.05) is 6.08 Å². The highest BCUT2D eigenvalue weighted by Gasteiger charge is 2.23. The van der Waals surface area contributed by atoms with Crippen molar-refractivity contribution in [3.63, 3.8) is 0 Å². The zero-order chi connectivity index (χ0) is 21.7. The number of hydrogen-bond donors (Lipinski definition) is 2. The second-order valence-electron chi connectivity index (χ2n) is 6.79. The highest BCUT2D eigenvalue weighted by Crippen LogP contribution is 2.32. The lowest BCUT2D eigenvalue weighted by atomic mass is 9.93. The molecule has 2 N–H and O–H groups in total. The van der Waals surface area contributed by atoms with Crippen molar-refractivity contribution in [3.05, 3.63) is 53.0 Å². The standard InChI is InChI=1S/C21H23BrN2O5S/c1-28-18-10-9-16(12-17(18)22)24-30(26,27)20-13-15(8-11-19(20)29-2)23-21(25)14-6-4-3-5-7-14/h3-4,8-14,24H,5-7H2,1-2H3,(H,23,25)/t14-/m1/s1. The number of hydrogen-bond acceptors (Lipinski definition) is 5. The average molecular weight is 495 g/mol. The van der Waals surface area contributed by atoms with Crippen LogP contribution in [0.15, 0.2) is 57.9 Å². The van der Waals surface area contributed by atoms with Crippen LogP contribution in [0.5, 0.6) is 11.5 Å². The number of anilines is 2. The van der Waals surface area contributed by atoms with Gasteiger partial charge in [0.1, 0.15) is 16.4 Å². The molecule has 1 aliphatic carbocycles. The molecule has 1 atom stereocenters. The Morgan fingerprint density at radius 3 is 2.37 bits per heavy atom. The maximum atomic E-state index is 13.0. The molecular formula is C21H23BrN2O5S. The van der Waals surface area contributed by atoms with Crippen LogP contribution in [0.3, 0.4) is 0 Å². The Bertz CT molecular complexity index is 1070. The van der Waals surface area contributed by atoms with Crippen molar-refractivity contribution in [1.82, 2.24) is 0 Å². The smallest absolute Gasteiger partial charge is 0.265 e. The number of halogens is 1. The van der Waals surface area contributed by atoms with Crippen LogP contribution in [0.2, 0.25) is 0 Å². The predicted octanol–water partition coefficient (Wildman–Crippen LogP) is 4.56. The Morgan fingerprint density at radius 2 is 1.73 bits per heavy atom. The first-order chi connectivity index (χ1) is 14.3. The van der Waals surface area contributed by atoms with Crippen molar-refractivity contribution in [2.75, 3.05) is 24.3 Å². The molecule has 0 unspecified atom stereocenters. The minimum absolute atomic E-state index is 0.0710. The number of ether oxygens (including phenoxy) is 2. The van der Waals surface area contributed by atoms with E-state index < -0.39 is 10.0 Å². The number of nitrogens with one attached hydrogen (secondary N) is 2. The summed E-state index contributed by atoms with van der Waals surface area (Å²) in [6, 6.07) is 9.39. The summed E-state index contributed by atoms with van der Waals surface area (Å²) in [7, 11) is -1.05. The van der Waals surface area contributed by atoms with Gasteiger partial charge in [-0.15, -0.1) is 0 Å². The van der Waals surface area contributed by atoms with E-state index >= 15 is 0 Å². The third-order valence-electron chi connectivity index (χ3n) is 4.76. The minimum atomic E-state index is -3.97. The second-order valence-corrected chi connectivity index (χ2v) is 9.30. The molecule has 2 aromatic carbocycles. The SMILES string of the molecule is COc1ccc(NS(=O)(=O)c2cc(NC(=O)[C@@H]3CC=CCC3)ccc2OC)cc1Br. The molecule has 9 heteroatoms. The maximum Gasteiger partial charge on any atom is 0.265 e. The van der Waals surface area contributed by atoms with Gasteiger partial charge in [0.05, 0.1) is 24.4 Å². The Labute approximate surface area is 184 Å². The Hall–Kier alpha value is -2.52. The molecule has 0 fully saturated rings. The summed E-state index contributed by atoms with van der Waals surface area (Å²) in [5.74, 6) is 0.512. The topological polar surface area (TPSA) is 93.7 Å². The van der Waals surface area contributed by atoms with Gasteiger partial charge in [-0.05, 0) is 71.6 Å². The van der Waals surface area contributed by atoms with Crippen LogP contribution < -0.4 is 19.5 Å². The van der Waals surface area contributed by atoms with Gasteiger partial charge >= 0.3 is 0 Å². The molecule has 1 aliphatic rings. The summed E-state index contributed by atoms with van der Waals surface area (Å²) in [5.41, 5.74) is 0.750. The van der Waals surface area contributed by atoms with E-state index in [1.54, 1.807) is 24.3 Å². The fourth-order valence-corrected chi connectivity index (χ4v) is 4.97. The fraction of sp³-hybridized carbons (Fsp3) is 0.286. The molecule has 0 heterocycles. The number of methoxy groups -OCH3 is 2. The molecule has 0 saturated carbocycles. The van der Waals surface area contributed by atoms with Crippen molar-refractivity contribution < 1.29 is 22.7 Å². The van der Waals surface area contributed by atoms with Crippen LogP contribution in [0.25, 0.3) is 0 Å². The molecule has 2 aromatic rings. The van der Waals surface area contributed by atoms with Crippen LogP contribution in [-0.4, -0.2) is 28.5 Å². The molecule has 0 aliphatic heterocycles. The van der Waals surface area contributed by atoms with Gasteiger partial charge < -0.3 is 14.8 Å². The quantitative estimate of drug-likeness (QED) is 0.550. The van der Waals surface area contributed by atoms with E-state index in [9.17, 15) is 13.2 Å². The first kappa shape index (κ1) is 22.2. The van der Waals surface area contributed by atoms with E-state index in [2.05, 4.69) is 32.0 Å². The van der Waals surface area contributed by atoms with E-state index in [-0.39, 0.29) is 22.5 Å². The number of sulfonamides is 1. The van der Waals surface area contributed by atoms with Crippen LogP contribution in [-0.2, 0) is 14.8 Å². The molecule has 0 radical (unpaired) electrons. The number of benzene rings is 2. The first-order valence-corrected chi connectivity index (χ1v) is 11.6. The van der Waals surface area contributed by atoms with Gasteiger partial charge in [0.15, 0.2) is 0 Å². The largest absolute Gasteiger partial charge is 0.496 e. The number of rotatable bonds is 7. The average Bonchev–Trinajstić information content (AvgIpc) is 2.74.